The molecule has 5 nitrogen and oxygen atoms in total. The lowest BCUT2D eigenvalue weighted by molar-refractivity contribution is 0.393. The van der Waals surface area contributed by atoms with Gasteiger partial charge >= 0.3 is 0 Å². The Kier molecular flexibility index (Phi) is 6.23. The number of nitrogens with zero attached hydrogens (tertiary/aromatic N) is 2. The molecule has 2 aromatic carbocycles. The molecule has 1 atom stereocenters. The number of ether oxygens (including phenoxy) is 1. The molecule has 0 heterocycles. The molecule has 2 aromatic rings. The van der Waals surface area contributed by atoms with E-state index in [9.17, 15) is 4.21 Å². The summed E-state index contributed by atoms with van der Waals surface area (Å²) in [4.78, 5) is 0.546. The summed E-state index contributed by atoms with van der Waals surface area (Å²) in [6, 6.07) is 9.07. The first kappa shape index (κ1) is 18.3. The van der Waals surface area contributed by atoms with Crippen LogP contribution in [0.3, 0.4) is 0 Å². The van der Waals surface area contributed by atoms with E-state index < -0.39 is 11.1 Å². The molecule has 6 heteroatoms. The van der Waals surface area contributed by atoms with Crippen molar-refractivity contribution in [1.29, 1.82) is 0 Å². The van der Waals surface area contributed by atoms with E-state index in [1.807, 2.05) is 32.9 Å². The number of aryl methyl sites for hydroxylation is 3. The summed E-state index contributed by atoms with van der Waals surface area (Å²) < 4.78 is 22.0. The number of rotatable bonds is 6. The Labute approximate surface area is 145 Å². The third kappa shape index (κ3) is 4.27. The van der Waals surface area contributed by atoms with E-state index in [4.69, 9.17) is 15.8 Å². The van der Waals surface area contributed by atoms with Crippen molar-refractivity contribution in [2.24, 2.45) is 10.2 Å². The van der Waals surface area contributed by atoms with Crippen LogP contribution in [-0.4, -0.2) is 17.9 Å². The monoisotopic (exact) mass is 344 g/mol. The highest BCUT2D eigenvalue weighted by molar-refractivity contribution is 7.80. The molecule has 0 aromatic heterocycles. The first-order valence-electron chi connectivity index (χ1n) is 7.39. The van der Waals surface area contributed by atoms with Crippen molar-refractivity contribution in [2.45, 2.75) is 25.7 Å². The Morgan fingerprint density at radius 1 is 1.00 bits per heavy atom. The molecule has 0 amide bonds. The molecule has 0 bridgehead atoms. The third-order valence-electron chi connectivity index (χ3n) is 3.51. The van der Waals surface area contributed by atoms with Gasteiger partial charge < -0.3 is 4.74 Å². The molecule has 126 valence electrons. The molecule has 0 aliphatic rings. The van der Waals surface area contributed by atoms with Gasteiger partial charge in [0.2, 0.25) is 0 Å². The van der Waals surface area contributed by atoms with Crippen LogP contribution in [0.4, 0.5) is 11.4 Å². The summed E-state index contributed by atoms with van der Waals surface area (Å²) in [7, 11) is 1.63. The minimum Gasteiger partial charge on any atom is -0.496 e. The van der Waals surface area contributed by atoms with E-state index in [1.54, 1.807) is 25.3 Å². The summed E-state index contributed by atoms with van der Waals surface area (Å²) in [5.41, 5.74) is 4.36. The zero-order chi connectivity index (χ0) is 17.7. The van der Waals surface area contributed by atoms with Crippen molar-refractivity contribution < 1.29 is 13.1 Å². The normalized spacial score (nSPS) is 12.5. The van der Waals surface area contributed by atoms with Gasteiger partial charge in [0, 0.05) is 6.07 Å². The summed E-state index contributed by atoms with van der Waals surface area (Å²) in [6.07, 6.45) is 0. The van der Waals surface area contributed by atoms with Crippen LogP contribution in [0.1, 0.15) is 16.7 Å². The average molecular weight is 344 g/mol. The topological polar surface area (TPSA) is 60.2 Å². The fourth-order valence-electron chi connectivity index (χ4n) is 2.23. The molecule has 0 aliphatic heterocycles. The zero-order valence-corrected chi connectivity index (χ0v) is 15.0. The Balaban J connectivity index is 2.28. The minimum atomic E-state index is -1.57. The van der Waals surface area contributed by atoms with E-state index in [2.05, 4.69) is 10.2 Å². The van der Waals surface area contributed by atoms with Crippen molar-refractivity contribution in [3.05, 3.63) is 53.9 Å². The largest absolute Gasteiger partial charge is 0.496 e. The second kappa shape index (κ2) is 8.17. The molecular weight excluding hydrogens is 324 g/mol. The molecule has 0 saturated carbocycles. The Morgan fingerprint density at radius 3 is 2.29 bits per heavy atom. The summed E-state index contributed by atoms with van der Waals surface area (Å²) in [5, 5.41) is 8.61. The van der Waals surface area contributed by atoms with Gasteiger partial charge in [0.25, 0.3) is 0 Å². The lowest BCUT2D eigenvalue weighted by atomic mass is 10.1. The van der Waals surface area contributed by atoms with E-state index >= 15 is 0 Å². The smallest absolute Gasteiger partial charge is 0.189 e. The third-order valence-corrected chi connectivity index (χ3v) is 4.50. The van der Waals surface area contributed by atoms with Crippen LogP contribution in [0.5, 0.6) is 5.75 Å². The van der Waals surface area contributed by atoms with Crippen molar-refractivity contribution in [1.82, 2.24) is 0 Å². The van der Waals surface area contributed by atoms with Gasteiger partial charge in [0.1, 0.15) is 5.75 Å². The first-order chi connectivity index (χ1) is 11.5. The SMILES string of the molecule is [CH]COS(=O)c1ccc(N=Nc2cc(OC)c(C)cc2C)c(C)c1. The summed E-state index contributed by atoms with van der Waals surface area (Å²) in [5.74, 6) is 0.774. The lowest BCUT2D eigenvalue weighted by Crippen LogP contribution is -1.97. The molecular formula is C18H20N2O3S. The minimum absolute atomic E-state index is 0.0956. The van der Waals surface area contributed by atoms with Gasteiger partial charge in [-0.2, -0.15) is 10.2 Å². The average Bonchev–Trinajstić information content (AvgIpc) is 2.55. The molecule has 0 aliphatic carbocycles. The van der Waals surface area contributed by atoms with Crippen LogP contribution in [-0.2, 0) is 15.3 Å². The second-order valence-corrected chi connectivity index (χ2v) is 6.45. The predicted octanol–water partition coefficient (Wildman–Crippen LogP) is 4.79. The summed E-state index contributed by atoms with van der Waals surface area (Å²) >= 11 is -1.57. The number of hydrogen-bond donors (Lipinski definition) is 0. The van der Waals surface area contributed by atoms with E-state index in [1.165, 1.54) is 0 Å². The first-order valence-corrected chi connectivity index (χ1v) is 8.46. The summed E-state index contributed by atoms with van der Waals surface area (Å²) in [6.45, 7) is 11.0. The zero-order valence-electron chi connectivity index (χ0n) is 14.2. The second-order valence-electron chi connectivity index (χ2n) is 5.28. The molecule has 2 radical (unpaired) electrons. The standard InChI is InChI=1S/C18H20N2O3S/c1-6-23-24(21)15-7-8-16(13(3)10-15)19-20-17-11-18(22-5)14(4)9-12(17)2/h1,7-11H,6H2,2-5H3. The molecule has 2 rings (SSSR count). The van der Waals surface area contributed by atoms with Crippen molar-refractivity contribution in [3.63, 3.8) is 0 Å². The maximum absolute atomic E-state index is 11.8. The number of hydrogen-bond acceptors (Lipinski definition) is 5. The number of azo groups is 1. The molecule has 1 unspecified atom stereocenters. The predicted molar refractivity (Wildman–Crippen MR) is 94.5 cm³/mol. The number of methoxy groups -OCH3 is 1. The molecule has 0 N–H and O–H groups in total. The van der Waals surface area contributed by atoms with Crippen LogP contribution in [0.15, 0.2) is 45.5 Å². The van der Waals surface area contributed by atoms with Gasteiger partial charge in [-0.1, -0.05) is 6.07 Å². The Morgan fingerprint density at radius 2 is 1.67 bits per heavy atom. The van der Waals surface area contributed by atoms with E-state index in [0.717, 1.165) is 28.1 Å². The van der Waals surface area contributed by atoms with Crippen LogP contribution in [0.2, 0.25) is 0 Å². The van der Waals surface area contributed by atoms with E-state index in [-0.39, 0.29) is 6.61 Å². The molecule has 0 spiro atoms. The fourth-order valence-corrected chi connectivity index (χ4v) is 2.94. The Bertz CT molecular complexity index is 788. The van der Waals surface area contributed by atoms with E-state index in [0.29, 0.717) is 10.6 Å². The van der Waals surface area contributed by atoms with Gasteiger partial charge in [-0.3, -0.25) is 4.18 Å². The van der Waals surface area contributed by atoms with Gasteiger partial charge in [0.05, 0.1) is 30.0 Å². The van der Waals surface area contributed by atoms with Gasteiger partial charge in [-0.15, -0.1) is 0 Å². The highest BCUT2D eigenvalue weighted by atomic mass is 32.2. The van der Waals surface area contributed by atoms with Gasteiger partial charge in [-0.25, -0.2) is 4.21 Å². The van der Waals surface area contributed by atoms with Crippen LogP contribution in [0.25, 0.3) is 0 Å². The van der Waals surface area contributed by atoms with Crippen molar-refractivity contribution in [3.8, 4) is 5.75 Å². The lowest BCUT2D eigenvalue weighted by Gasteiger charge is -2.08. The van der Waals surface area contributed by atoms with Crippen molar-refractivity contribution >= 4 is 22.5 Å². The fraction of sp³-hybridized carbons (Fsp3) is 0.278. The number of benzene rings is 2. The molecule has 0 saturated heterocycles. The highest BCUT2D eigenvalue weighted by Gasteiger charge is 2.08. The Hall–Kier alpha value is -2.05. The van der Waals surface area contributed by atoms with Gasteiger partial charge in [-0.05, 0) is 62.6 Å². The van der Waals surface area contributed by atoms with Gasteiger partial charge in [0.15, 0.2) is 11.1 Å². The maximum Gasteiger partial charge on any atom is 0.189 e. The molecule has 24 heavy (non-hydrogen) atoms. The van der Waals surface area contributed by atoms with Crippen molar-refractivity contribution in [2.75, 3.05) is 13.7 Å². The van der Waals surface area contributed by atoms with Crippen LogP contribution >= 0.6 is 0 Å². The van der Waals surface area contributed by atoms with Crippen LogP contribution < -0.4 is 4.74 Å². The van der Waals surface area contributed by atoms with Crippen LogP contribution in [0, 0.1) is 27.7 Å². The maximum atomic E-state index is 11.8. The molecule has 0 fully saturated rings. The highest BCUT2D eigenvalue weighted by Crippen LogP contribution is 2.30. The quantitative estimate of drug-likeness (QED) is 0.708.